The van der Waals surface area contributed by atoms with Crippen molar-refractivity contribution in [3.8, 4) is 11.5 Å². The van der Waals surface area contributed by atoms with Gasteiger partial charge in [0.1, 0.15) is 0 Å². The Labute approximate surface area is 148 Å². The molecule has 1 fully saturated rings. The van der Waals surface area contributed by atoms with Crippen molar-refractivity contribution >= 4 is 11.7 Å². The summed E-state index contributed by atoms with van der Waals surface area (Å²) >= 11 is 0. The van der Waals surface area contributed by atoms with Crippen molar-refractivity contribution < 1.29 is 19.1 Å². The monoisotopic (exact) mass is 346 g/mol. The van der Waals surface area contributed by atoms with E-state index in [4.69, 9.17) is 9.47 Å². The van der Waals surface area contributed by atoms with Gasteiger partial charge >= 0.3 is 0 Å². The van der Waals surface area contributed by atoms with Gasteiger partial charge in [-0.1, -0.05) is 0 Å². The number of carbonyl (C=O) groups is 2. The normalized spacial score (nSPS) is 18.6. The molecular formula is C19H26N2O4. The third kappa shape index (κ3) is 3.35. The van der Waals surface area contributed by atoms with Gasteiger partial charge in [-0.15, -0.1) is 0 Å². The maximum absolute atomic E-state index is 12.7. The molecule has 136 valence electrons. The fourth-order valence-corrected chi connectivity index (χ4v) is 3.13. The van der Waals surface area contributed by atoms with Gasteiger partial charge in [0.05, 0.1) is 12.0 Å². The molecule has 0 radical (unpaired) electrons. The standard InChI is InChI=1S/C19H26N2O4/c1-12(17(22)13-6-7-15-16(8-13)25-11-24-15)20(5)18(23)14-9-21(10-14)19(2,3)4/h6-8,12,14H,9-11H2,1-5H3/t12-/m1/s1. The number of ketones is 1. The van der Waals surface area contributed by atoms with Gasteiger partial charge < -0.3 is 14.4 Å². The number of likely N-dealkylation sites (tertiary alicyclic amines) is 1. The number of benzene rings is 1. The molecule has 3 rings (SSSR count). The Hall–Kier alpha value is -2.08. The fourth-order valence-electron chi connectivity index (χ4n) is 3.13. The minimum Gasteiger partial charge on any atom is -0.454 e. The Kier molecular flexibility index (Phi) is 4.49. The second kappa shape index (κ2) is 6.33. The van der Waals surface area contributed by atoms with Crippen LogP contribution in [0.15, 0.2) is 18.2 Å². The van der Waals surface area contributed by atoms with Gasteiger partial charge in [-0.25, -0.2) is 0 Å². The SMILES string of the molecule is C[C@H](C(=O)c1ccc2c(c1)OCO2)N(C)C(=O)C1CN(C(C)(C)C)C1. The lowest BCUT2D eigenvalue weighted by atomic mass is 9.91. The van der Waals surface area contributed by atoms with Crippen LogP contribution in [0, 0.1) is 5.92 Å². The average molecular weight is 346 g/mol. The molecule has 1 amide bonds. The maximum Gasteiger partial charge on any atom is 0.231 e. The summed E-state index contributed by atoms with van der Waals surface area (Å²) in [4.78, 5) is 29.2. The van der Waals surface area contributed by atoms with Crippen LogP contribution >= 0.6 is 0 Å². The van der Waals surface area contributed by atoms with Crippen molar-refractivity contribution in [3.63, 3.8) is 0 Å². The largest absolute Gasteiger partial charge is 0.454 e. The van der Waals surface area contributed by atoms with Gasteiger partial charge in [-0.2, -0.15) is 0 Å². The molecule has 1 aromatic rings. The lowest BCUT2D eigenvalue weighted by Crippen LogP contribution is -2.61. The maximum atomic E-state index is 12.7. The van der Waals surface area contributed by atoms with Crippen LogP contribution in [0.4, 0.5) is 0 Å². The van der Waals surface area contributed by atoms with Crippen LogP contribution in [0.5, 0.6) is 11.5 Å². The second-order valence-electron chi connectivity index (χ2n) is 7.83. The summed E-state index contributed by atoms with van der Waals surface area (Å²) in [6, 6.07) is 4.62. The Bertz CT molecular complexity index is 689. The molecule has 0 aromatic heterocycles. The molecule has 6 nitrogen and oxygen atoms in total. The van der Waals surface area contributed by atoms with Crippen LogP contribution in [0.1, 0.15) is 38.1 Å². The first kappa shape index (κ1) is 17.7. The van der Waals surface area contributed by atoms with Crippen LogP contribution in [0.3, 0.4) is 0 Å². The molecule has 1 aromatic carbocycles. The minimum atomic E-state index is -0.517. The number of hydrogen-bond donors (Lipinski definition) is 0. The van der Waals surface area contributed by atoms with Crippen LogP contribution < -0.4 is 9.47 Å². The van der Waals surface area contributed by atoms with E-state index in [0.29, 0.717) is 17.1 Å². The molecule has 2 heterocycles. The highest BCUT2D eigenvalue weighted by molar-refractivity contribution is 6.02. The number of ether oxygens (including phenoxy) is 2. The summed E-state index contributed by atoms with van der Waals surface area (Å²) in [6.07, 6.45) is 0. The molecule has 1 atom stereocenters. The predicted octanol–water partition coefficient (Wildman–Crippen LogP) is 2.18. The quantitative estimate of drug-likeness (QED) is 0.782. The number of hydrogen-bond acceptors (Lipinski definition) is 5. The van der Waals surface area contributed by atoms with Gasteiger partial charge in [0.2, 0.25) is 12.7 Å². The number of rotatable bonds is 4. The first-order chi connectivity index (χ1) is 11.7. The molecule has 0 N–H and O–H groups in total. The van der Waals surface area contributed by atoms with Gasteiger partial charge in [0.25, 0.3) is 0 Å². The molecule has 0 bridgehead atoms. The highest BCUT2D eigenvalue weighted by atomic mass is 16.7. The molecule has 2 aliphatic heterocycles. The van der Waals surface area contributed by atoms with Crippen LogP contribution in [-0.2, 0) is 4.79 Å². The molecule has 25 heavy (non-hydrogen) atoms. The van der Waals surface area contributed by atoms with Crippen LogP contribution in [0.25, 0.3) is 0 Å². The molecule has 6 heteroatoms. The molecule has 2 aliphatic rings. The third-order valence-corrected chi connectivity index (χ3v) is 5.14. The Morgan fingerprint density at radius 2 is 1.84 bits per heavy atom. The van der Waals surface area contributed by atoms with E-state index in [1.54, 1.807) is 37.1 Å². The van der Waals surface area contributed by atoms with Crippen LogP contribution in [-0.4, -0.2) is 60.0 Å². The van der Waals surface area contributed by atoms with E-state index >= 15 is 0 Å². The van der Waals surface area contributed by atoms with Crippen molar-refractivity contribution in [2.24, 2.45) is 5.92 Å². The number of carbonyl (C=O) groups excluding carboxylic acids is 2. The second-order valence-corrected chi connectivity index (χ2v) is 7.83. The summed E-state index contributed by atoms with van der Waals surface area (Å²) in [7, 11) is 1.71. The number of nitrogens with zero attached hydrogens (tertiary/aromatic N) is 2. The summed E-state index contributed by atoms with van der Waals surface area (Å²) in [5, 5.41) is 0. The molecule has 0 unspecified atom stereocenters. The highest BCUT2D eigenvalue weighted by Crippen LogP contribution is 2.33. The average Bonchev–Trinajstić information content (AvgIpc) is 2.97. The molecule has 0 saturated carbocycles. The number of likely N-dealkylation sites (N-methyl/N-ethyl adjacent to an activating group) is 1. The predicted molar refractivity (Wildman–Crippen MR) is 93.9 cm³/mol. The third-order valence-electron chi connectivity index (χ3n) is 5.14. The van der Waals surface area contributed by atoms with E-state index in [-0.39, 0.29) is 29.9 Å². The van der Waals surface area contributed by atoms with Gasteiger partial charge in [-0.05, 0) is 45.9 Å². The van der Waals surface area contributed by atoms with Gasteiger partial charge in [0, 0.05) is 31.2 Å². The van der Waals surface area contributed by atoms with E-state index in [0.717, 1.165) is 13.1 Å². The summed E-state index contributed by atoms with van der Waals surface area (Å²) in [5.74, 6) is 1.12. The minimum absolute atomic E-state index is 0.0297. The van der Waals surface area contributed by atoms with Crippen molar-refractivity contribution in [2.75, 3.05) is 26.9 Å². The van der Waals surface area contributed by atoms with E-state index in [1.165, 1.54) is 0 Å². The van der Waals surface area contributed by atoms with Gasteiger partial charge in [-0.3, -0.25) is 14.5 Å². The highest BCUT2D eigenvalue weighted by Gasteiger charge is 2.40. The zero-order valence-corrected chi connectivity index (χ0v) is 15.5. The fraction of sp³-hybridized carbons (Fsp3) is 0.579. The number of fused-ring (bicyclic) bond motifs is 1. The summed E-state index contributed by atoms with van der Waals surface area (Å²) in [6.45, 7) is 9.86. The molecule has 1 saturated heterocycles. The van der Waals surface area contributed by atoms with Crippen molar-refractivity contribution in [1.29, 1.82) is 0 Å². The van der Waals surface area contributed by atoms with E-state index < -0.39 is 6.04 Å². The Balaban J connectivity index is 1.63. The van der Waals surface area contributed by atoms with Crippen molar-refractivity contribution in [2.45, 2.75) is 39.3 Å². The first-order valence-electron chi connectivity index (χ1n) is 8.64. The number of Topliss-reactive ketones (excluding diaryl/α,β-unsaturated/α-hetero) is 1. The first-order valence-corrected chi connectivity index (χ1v) is 8.64. The Morgan fingerprint density at radius 1 is 1.20 bits per heavy atom. The molecular weight excluding hydrogens is 320 g/mol. The van der Waals surface area contributed by atoms with Crippen molar-refractivity contribution in [3.05, 3.63) is 23.8 Å². The smallest absolute Gasteiger partial charge is 0.231 e. The molecule has 0 aliphatic carbocycles. The Morgan fingerprint density at radius 3 is 2.48 bits per heavy atom. The van der Waals surface area contributed by atoms with Crippen LogP contribution in [0.2, 0.25) is 0 Å². The van der Waals surface area contributed by atoms with Gasteiger partial charge in [0.15, 0.2) is 17.3 Å². The van der Waals surface area contributed by atoms with Crippen molar-refractivity contribution in [1.82, 2.24) is 9.80 Å². The number of amides is 1. The summed E-state index contributed by atoms with van der Waals surface area (Å²) < 4.78 is 10.6. The molecule has 0 spiro atoms. The lowest BCUT2D eigenvalue weighted by Gasteiger charge is -2.48. The van der Waals surface area contributed by atoms with E-state index in [2.05, 4.69) is 25.7 Å². The van der Waals surface area contributed by atoms with E-state index in [1.807, 2.05) is 0 Å². The lowest BCUT2D eigenvalue weighted by molar-refractivity contribution is -0.143. The zero-order valence-electron chi connectivity index (χ0n) is 15.5. The summed E-state index contributed by atoms with van der Waals surface area (Å²) in [5.41, 5.74) is 0.602. The topological polar surface area (TPSA) is 59.1 Å². The van der Waals surface area contributed by atoms with E-state index in [9.17, 15) is 9.59 Å². The zero-order chi connectivity index (χ0) is 18.4.